The lowest BCUT2D eigenvalue weighted by Gasteiger charge is -2.21. The minimum atomic E-state index is -0.787. The van der Waals surface area contributed by atoms with Gasteiger partial charge in [0.2, 0.25) is 0 Å². The van der Waals surface area contributed by atoms with Crippen molar-refractivity contribution < 1.29 is 14.6 Å². The highest BCUT2D eigenvalue weighted by Crippen LogP contribution is 2.12. The summed E-state index contributed by atoms with van der Waals surface area (Å²) in [5.41, 5.74) is 1.98. The second kappa shape index (κ2) is 8.67. The van der Waals surface area contributed by atoms with E-state index in [1.165, 1.54) is 0 Å². The van der Waals surface area contributed by atoms with Crippen LogP contribution in [0.4, 0.5) is 0 Å². The van der Waals surface area contributed by atoms with Gasteiger partial charge < -0.3 is 9.84 Å². The fourth-order valence-electron chi connectivity index (χ4n) is 1.97. The van der Waals surface area contributed by atoms with Crippen molar-refractivity contribution in [2.75, 3.05) is 26.3 Å². The first-order valence-corrected chi connectivity index (χ1v) is 6.76. The van der Waals surface area contributed by atoms with Gasteiger partial charge in [0.1, 0.15) is 0 Å². The second-order valence-corrected chi connectivity index (χ2v) is 4.40. The number of rotatable bonds is 9. The van der Waals surface area contributed by atoms with Gasteiger partial charge in [0, 0.05) is 19.7 Å². The summed E-state index contributed by atoms with van der Waals surface area (Å²) in [7, 11) is 0. The highest BCUT2D eigenvalue weighted by Gasteiger charge is 2.09. The maximum atomic E-state index is 10.9. The maximum absolute atomic E-state index is 10.9. The molecule has 1 aromatic carbocycles. The van der Waals surface area contributed by atoms with Gasteiger partial charge in [-0.3, -0.25) is 9.69 Å². The minimum Gasteiger partial charge on any atom is -0.481 e. The van der Waals surface area contributed by atoms with Gasteiger partial charge in [-0.2, -0.15) is 0 Å². The van der Waals surface area contributed by atoms with Crippen molar-refractivity contribution >= 4 is 5.97 Å². The Balaban J connectivity index is 2.65. The molecule has 0 fully saturated rings. The Bertz CT molecular complexity index is 393. The van der Waals surface area contributed by atoms with Gasteiger partial charge in [0.05, 0.1) is 13.0 Å². The van der Waals surface area contributed by atoms with E-state index in [1.807, 2.05) is 31.2 Å². The van der Waals surface area contributed by atoms with Crippen LogP contribution in [0.2, 0.25) is 0 Å². The summed E-state index contributed by atoms with van der Waals surface area (Å²) in [6.07, 6.45) is 0.0825. The number of hydrogen-bond acceptors (Lipinski definition) is 3. The Morgan fingerprint density at radius 1 is 1.26 bits per heavy atom. The molecule has 0 aliphatic carbocycles. The Labute approximate surface area is 115 Å². The van der Waals surface area contributed by atoms with Crippen molar-refractivity contribution in [2.24, 2.45) is 0 Å². The first-order chi connectivity index (χ1) is 9.17. The van der Waals surface area contributed by atoms with Crippen LogP contribution in [0.5, 0.6) is 0 Å². The summed E-state index contributed by atoms with van der Waals surface area (Å²) < 4.78 is 5.36. The summed E-state index contributed by atoms with van der Waals surface area (Å²) in [6, 6.07) is 7.73. The Morgan fingerprint density at radius 3 is 2.53 bits per heavy atom. The molecule has 1 N–H and O–H groups in total. The van der Waals surface area contributed by atoms with E-state index < -0.39 is 5.97 Å². The number of carboxylic acids is 1. The highest BCUT2D eigenvalue weighted by molar-refractivity contribution is 5.70. The second-order valence-electron chi connectivity index (χ2n) is 4.40. The third-order valence-electron chi connectivity index (χ3n) is 3.06. The van der Waals surface area contributed by atoms with E-state index in [0.717, 1.165) is 37.4 Å². The molecule has 106 valence electrons. The van der Waals surface area contributed by atoms with E-state index in [1.54, 1.807) is 0 Å². The van der Waals surface area contributed by atoms with Crippen LogP contribution in [-0.2, 0) is 22.5 Å². The van der Waals surface area contributed by atoms with E-state index in [2.05, 4.69) is 11.8 Å². The molecule has 0 radical (unpaired) electrons. The summed E-state index contributed by atoms with van der Waals surface area (Å²) in [5.74, 6) is -0.787. The molecule has 0 saturated carbocycles. The molecule has 0 bridgehead atoms. The number of benzene rings is 1. The summed E-state index contributed by atoms with van der Waals surface area (Å²) in [6.45, 7) is 8.09. The lowest BCUT2D eigenvalue weighted by Crippen LogP contribution is -2.27. The molecular weight excluding hydrogens is 242 g/mol. The summed E-state index contributed by atoms with van der Waals surface area (Å²) in [4.78, 5) is 13.1. The zero-order valence-corrected chi connectivity index (χ0v) is 11.8. The van der Waals surface area contributed by atoms with Crippen molar-refractivity contribution in [1.29, 1.82) is 0 Å². The molecule has 0 heterocycles. The molecule has 0 aliphatic heterocycles. The Morgan fingerprint density at radius 2 is 1.95 bits per heavy atom. The van der Waals surface area contributed by atoms with Crippen molar-refractivity contribution in [2.45, 2.75) is 26.8 Å². The zero-order valence-electron chi connectivity index (χ0n) is 11.8. The Hall–Kier alpha value is -1.39. The topological polar surface area (TPSA) is 49.8 Å². The predicted molar refractivity (Wildman–Crippen MR) is 75.2 cm³/mol. The first kappa shape index (κ1) is 15.7. The summed E-state index contributed by atoms with van der Waals surface area (Å²) >= 11 is 0. The number of nitrogens with zero attached hydrogens (tertiary/aromatic N) is 1. The zero-order chi connectivity index (χ0) is 14.1. The van der Waals surface area contributed by atoms with Crippen LogP contribution in [0, 0.1) is 0 Å². The van der Waals surface area contributed by atoms with Crippen molar-refractivity contribution in [3.63, 3.8) is 0 Å². The summed E-state index contributed by atoms with van der Waals surface area (Å²) in [5, 5.41) is 8.92. The van der Waals surface area contributed by atoms with Crippen LogP contribution in [0.1, 0.15) is 25.0 Å². The largest absolute Gasteiger partial charge is 0.481 e. The first-order valence-electron chi connectivity index (χ1n) is 6.76. The molecule has 19 heavy (non-hydrogen) atoms. The molecule has 1 rings (SSSR count). The molecule has 0 aliphatic rings. The molecule has 4 heteroatoms. The molecule has 0 spiro atoms. The van der Waals surface area contributed by atoms with Crippen molar-refractivity contribution in [3.8, 4) is 0 Å². The lowest BCUT2D eigenvalue weighted by atomic mass is 10.0. The van der Waals surface area contributed by atoms with Gasteiger partial charge >= 0.3 is 5.97 Å². The molecule has 1 aromatic rings. The fourth-order valence-corrected chi connectivity index (χ4v) is 1.97. The SMILES string of the molecule is CCOCCN(CC)Cc1ccccc1CC(=O)O. The third kappa shape index (κ3) is 5.85. The van der Waals surface area contributed by atoms with Crippen LogP contribution in [0.25, 0.3) is 0 Å². The Kier molecular flexibility index (Phi) is 7.15. The van der Waals surface area contributed by atoms with Crippen molar-refractivity contribution in [3.05, 3.63) is 35.4 Å². The van der Waals surface area contributed by atoms with E-state index in [0.29, 0.717) is 6.61 Å². The number of hydrogen-bond donors (Lipinski definition) is 1. The van der Waals surface area contributed by atoms with Crippen LogP contribution >= 0.6 is 0 Å². The van der Waals surface area contributed by atoms with Gasteiger partial charge in [-0.25, -0.2) is 0 Å². The molecule has 0 saturated heterocycles. The van der Waals surface area contributed by atoms with Gasteiger partial charge in [-0.05, 0) is 24.6 Å². The van der Waals surface area contributed by atoms with E-state index >= 15 is 0 Å². The maximum Gasteiger partial charge on any atom is 0.307 e. The number of carbonyl (C=O) groups is 1. The number of carboxylic acid groups (broad SMARTS) is 1. The average molecular weight is 265 g/mol. The number of aliphatic carboxylic acids is 1. The third-order valence-corrected chi connectivity index (χ3v) is 3.06. The van der Waals surface area contributed by atoms with Crippen LogP contribution < -0.4 is 0 Å². The molecule has 0 unspecified atom stereocenters. The van der Waals surface area contributed by atoms with Crippen molar-refractivity contribution in [1.82, 2.24) is 4.90 Å². The highest BCUT2D eigenvalue weighted by atomic mass is 16.5. The van der Waals surface area contributed by atoms with Gasteiger partial charge in [-0.15, -0.1) is 0 Å². The predicted octanol–water partition coefficient (Wildman–Crippen LogP) is 2.17. The molecule has 0 amide bonds. The number of ether oxygens (including phenoxy) is 1. The van der Waals surface area contributed by atoms with Crippen LogP contribution in [0.15, 0.2) is 24.3 Å². The standard InChI is InChI=1S/C15H23NO3/c1-3-16(9-10-19-4-2)12-14-8-6-5-7-13(14)11-15(17)18/h5-8H,3-4,9-12H2,1-2H3,(H,17,18). The minimum absolute atomic E-state index is 0.0825. The molecular formula is C15H23NO3. The van der Waals surface area contributed by atoms with Gasteiger partial charge in [0.15, 0.2) is 0 Å². The van der Waals surface area contributed by atoms with Crippen LogP contribution in [-0.4, -0.2) is 42.3 Å². The van der Waals surface area contributed by atoms with E-state index in [-0.39, 0.29) is 6.42 Å². The van der Waals surface area contributed by atoms with E-state index in [4.69, 9.17) is 9.84 Å². The molecule has 0 atom stereocenters. The van der Waals surface area contributed by atoms with Gasteiger partial charge in [0.25, 0.3) is 0 Å². The monoisotopic (exact) mass is 265 g/mol. The van der Waals surface area contributed by atoms with E-state index in [9.17, 15) is 4.79 Å². The number of likely N-dealkylation sites (N-methyl/N-ethyl adjacent to an activating group) is 1. The lowest BCUT2D eigenvalue weighted by molar-refractivity contribution is -0.136. The molecule has 0 aromatic heterocycles. The van der Waals surface area contributed by atoms with Crippen LogP contribution in [0.3, 0.4) is 0 Å². The smallest absolute Gasteiger partial charge is 0.307 e. The van der Waals surface area contributed by atoms with Gasteiger partial charge in [-0.1, -0.05) is 31.2 Å². The average Bonchev–Trinajstić information content (AvgIpc) is 2.39. The fraction of sp³-hybridized carbons (Fsp3) is 0.533. The molecule has 4 nitrogen and oxygen atoms in total. The normalized spacial score (nSPS) is 10.9. The quantitative estimate of drug-likeness (QED) is 0.695.